The third-order valence-corrected chi connectivity index (χ3v) is 1.75. The van der Waals surface area contributed by atoms with Crippen molar-refractivity contribution >= 4 is 17.7 Å². The van der Waals surface area contributed by atoms with Gasteiger partial charge < -0.3 is 9.84 Å². The lowest BCUT2D eigenvalue weighted by Crippen LogP contribution is -2.23. The Morgan fingerprint density at radius 3 is 2.22 bits per heavy atom. The van der Waals surface area contributed by atoms with Gasteiger partial charge in [-0.05, 0) is 24.3 Å². The molecule has 0 unspecified atom stereocenters. The normalized spacial score (nSPS) is 10.8. The van der Waals surface area contributed by atoms with Crippen LogP contribution in [-0.2, 0) is 4.74 Å². The molecule has 1 rings (SSSR count). The second-order valence-electron chi connectivity index (χ2n) is 3.20. The number of carboxylic acid groups (broad SMARTS) is 1. The summed E-state index contributed by atoms with van der Waals surface area (Å²) < 4.78 is 39.1. The fraction of sp³-hybridized carbons (Fsp3) is 0.200. The van der Waals surface area contributed by atoms with Crippen molar-refractivity contribution in [1.82, 2.24) is 0 Å². The molecule has 0 fully saturated rings. The van der Waals surface area contributed by atoms with E-state index in [-0.39, 0.29) is 11.3 Å². The van der Waals surface area contributed by atoms with E-state index in [0.717, 1.165) is 0 Å². The van der Waals surface area contributed by atoms with Gasteiger partial charge in [-0.25, -0.2) is 9.59 Å². The molecule has 0 saturated carbocycles. The number of hydrogen-bond acceptors (Lipinski definition) is 3. The number of carboxylic acids is 1. The first-order valence-corrected chi connectivity index (χ1v) is 4.62. The highest BCUT2D eigenvalue weighted by Gasteiger charge is 2.29. The van der Waals surface area contributed by atoms with Crippen LogP contribution in [0.15, 0.2) is 24.3 Å². The minimum atomic E-state index is -4.59. The number of aromatic carboxylic acids is 1. The maximum absolute atomic E-state index is 11.7. The zero-order valence-electron chi connectivity index (χ0n) is 8.82. The van der Waals surface area contributed by atoms with Crippen molar-refractivity contribution < 1.29 is 32.6 Å². The summed E-state index contributed by atoms with van der Waals surface area (Å²) in [6, 6.07) is 4.86. The Hall–Kier alpha value is -2.25. The van der Waals surface area contributed by atoms with Crippen LogP contribution < -0.4 is 5.32 Å². The molecule has 0 radical (unpaired) electrons. The SMILES string of the molecule is O=C(Nc1ccc(C(=O)O)cc1)OCC(F)(F)F. The van der Waals surface area contributed by atoms with Gasteiger partial charge in [-0.15, -0.1) is 0 Å². The molecule has 0 aliphatic heterocycles. The molecule has 0 atom stereocenters. The third-order valence-electron chi connectivity index (χ3n) is 1.75. The van der Waals surface area contributed by atoms with Gasteiger partial charge in [0.05, 0.1) is 5.56 Å². The molecular formula is C10H8F3NO4. The fourth-order valence-electron chi connectivity index (χ4n) is 0.997. The van der Waals surface area contributed by atoms with Gasteiger partial charge in [0.25, 0.3) is 0 Å². The van der Waals surface area contributed by atoms with E-state index in [1.165, 1.54) is 24.3 Å². The van der Waals surface area contributed by atoms with Crippen LogP contribution >= 0.6 is 0 Å². The third kappa shape index (κ3) is 4.73. The molecule has 8 heteroatoms. The lowest BCUT2D eigenvalue weighted by Gasteiger charge is -2.09. The maximum atomic E-state index is 11.7. The van der Waals surface area contributed by atoms with Crippen LogP contribution in [0.2, 0.25) is 0 Å². The Labute approximate surface area is 99.2 Å². The summed E-state index contributed by atoms with van der Waals surface area (Å²) in [6.07, 6.45) is -5.86. The van der Waals surface area contributed by atoms with Crippen LogP contribution in [0, 0.1) is 0 Å². The standard InChI is InChI=1S/C10H8F3NO4/c11-10(12,13)5-18-9(17)14-7-3-1-6(2-4-7)8(15)16/h1-4H,5H2,(H,14,17)(H,15,16). The number of ether oxygens (including phenoxy) is 1. The van der Waals surface area contributed by atoms with E-state index in [2.05, 4.69) is 4.74 Å². The molecule has 0 aliphatic carbocycles. The quantitative estimate of drug-likeness (QED) is 0.878. The van der Waals surface area contributed by atoms with Crippen LogP contribution in [0.3, 0.4) is 0 Å². The number of hydrogen-bond donors (Lipinski definition) is 2. The van der Waals surface area contributed by atoms with E-state index in [1.54, 1.807) is 0 Å². The van der Waals surface area contributed by atoms with E-state index in [9.17, 15) is 22.8 Å². The Balaban J connectivity index is 2.52. The van der Waals surface area contributed by atoms with Gasteiger partial charge in [-0.2, -0.15) is 13.2 Å². The molecule has 98 valence electrons. The van der Waals surface area contributed by atoms with E-state index in [1.807, 2.05) is 5.32 Å². The predicted molar refractivity (Wildman–Crippen MR) is 54.4 cm³/mol. The molecule has 1 aromatic rings. The highest BCUT2D eigenvalue weighted by atomic mass is 19.4. The second-order valence-corrected chi connectivity index (χ2v) is 3.20. The molecule has 0 aromatic heterocycles. The van der Waals surface area contributed by atoms with Crippen molar-refractivity contribution in [2.75, 3.05) is 11.9 Å². The Morgan fingerprint density at radius 2 is 1.78 bits per heavy atom. The summed E-state index contributed by atoms with van der Waals surface area (Å²) in [5.74, 6) is -1.15. The maximum Gasteiger partial charge on any atom is 0.422 e. The van der Waals surface area contributed by atoms with Gasteiger partial charge >= 0.3 is 18.2 Å². The van der Waals surface area contributed by atoms with Crippen molar-refractivity contribution in [3.05, 3.63) is 29.8 Å². The molecule has 1 aromatic carbocycles. The molecule has 0 saturated heterocycles. The van der Waals surface area contributed by atoms with Crippen LogP contribution in [0.5, 0.6) is 0 Å². The van der Waals surface area contributed by atoms with Crippen LogP contribution in [-0.4, -0.2) is 30.0 Å². The minimum Gasteiger partial charge on any atom is -0.478 e. The Kier molecular flexibility index (Phi) is 4.13. The number of nitrogens with one attached hydrogen (secondary N) is 1. The van der Waals surface area contributed by atoms with Crippen LogP contribution in [0.25, 0.3) is 0 Å². The van der Waals surface area contributed by atoms with Crippen LogP contribution in [0.1, 0.15) is 10.4 Å². The van der Waals surface area contributed by atoms with Gasteiger partial charge in [0, 0.05) is 5.69 Å². The van der Waals surface area contributed by atoms with Gasteiger partial charge in [0.15, 0.2) is 6.61 Å². The average Bonchev–Trinajstić information content (AvgIpc) is 2.26. The highest BCUT2D eigenvalue weighted by Crippen LogP contribution is 2.15. The monoisotopic (exact) mass is 263 g/mol. The average molecular weight is 263 g/mol. The van der Waals surface area contributed by atoms with Gasteiger partial charge in [0.2, 0.25) is 0 Å². The first-order valence-electron chi connectivity index (χ1n) is 4.62. The van der Waals surface area contributed by atoms with Crippen molar-refractivity contribution in [1.29, 1.82) is 0 Å². The summed E-state index contributed by atoms with van der Waals surface area (Å²) in [7, 11) is 0. The molecule has 0 heterocycles. The number of anilines is 1. The minimum absolute atomic E-state index is 0.00999. The number of carbonyl (C=O) groups is 2. The molecule has 1 amide bonds. The number of rotatable bonds is 3. The number of amides is 1. The van der Waals surface area contributed by atoms with E-state index in [4.69, 9.17) is 5.11 Å². The highest BCUT2D eigenvalue weighted by molar-refractivity contribution is 5.89. The van der Waals surface area contributed by atoms with E-state index < -0.39 is 24.8 Å². The lowest BCUT2D eigenvalue weighted by molar-refractivity contribution is -0.159. The summed E-state index contributed by atoms with van der Waals surface area (Å²) in [5, 5.41) is 10.6. The molecule has 0 spiro atoms. The summed E-state index contributed by atoms with van der Waals surface area (Å²) in [4.78, 5) is 21.4. The smallest absolute Gasteiger partial charge is 0.422 e. The van der Waals surface area contributed by atoms with Crippen molar-refractivity contribution in [2.24, 2.45) is 0 Å². The van der Waals surface area contributed by atoms with Crippen molar-refractivity contribution in [3.8, 4) is 0 Å². The van der Waals surface area contributed by atoms with Crippen LogP contribution in [0.4, 0.5) is 23.7 Å². The molecule has 18 heavy (non-hydrogen) atoms. The first kappa shape index (κ1) is 13.8. The zero-order valence-corrected chi connectivity index (χ0v) is 8.82. The number of halogens is 3. The lowest BCUT2D eigenvalue weighted by atomic mass is 10.2. The predicted octanol–water partition coefficient (Wildman–Crippen LogP) is 2.50. The number of alkyl halides is 3. The topological polar surface area (TPSA) is 75.6 Å². The van der Waals surface area contributed by atoms with Crippen molar-refractivity contribution in [2.45, 2.75) is 6.18 Å². The molecule has 2 N–H and O–H groups in total. The first-order chi connectivity index (χ1) is 8.28. The van der Waals surface area contributed by atoms with E-state index in [0.29, 0.717) is 0 Å². The van der Waals surface area contributed by atoms with Gasteiger partial charge in [0.1, 0.15) is 0 Å². The zero-order chi connectivity index (χ0) is 13.8. The number of carbonyl (C=O) groups excluding carboxylic acids is 1. The second kappa shape index (κ2) is 5.39. The van der Waals surface area contributed by atoms with E-state index >= 15 is 0 Å². The summed E-state index contributed by atoms with van der Waals surface area (Å²) in [6.45, 7) is -1.69. The Morgan fingerprint density at radius 1 is 1.22 bits per heavy atom. The van der Waals surface area contributed by atoms with Gasteiger partial charge in [-0.1, -0.05) is 0 Å². The fourth-order valence-corrected chi connectivity index (χ4v) is 0.997. The molecule has 0 aliphatic rings. The molecule has 5 nitrogen and oxygen atoms in total. The molecular weight excluding hydrogens is 255 g/mol. The van der Waals surface area contributed by atoms with Gasteiger partial charge in [-0.3, -0.25) is 5.32 Å². The Bertz CT molecular complexity index is 441. The molecule has 0 bridgehead atoms. The summed E-state index contributed by atoms with van der Waals surface area (Å²) >= 11 is 0. The summed E-state index contributed by atoms with van der Waals surface area (Å²) in [5.41, 5.74) is 0.122. The largest absolute Gasteiger partial charge is 0.478 e. The van der Waals surface area contributed by atoms with Crippen molar-refractivity contribution in [3.63, 3.8) is 0 Å². The number of benzene rings is 1.